The standard InChI is InChI=1S/C11H14N4S2/c1-2-5-12-6-9-3-4-10(13-7-9)17-11-15-14-8-16-11/h3-4,7-8,12H,2,5-6H2,1H3. The van der Waals surface area contributed by atoms with E-state index in [1.54, 1.807) is 17.3 Å². The highest BCUT2D eigenvalue weighted by Gasteiger charge is 2.02. The molecule has 0 amide bonds. The van der Waals surface area contributed by atoms with Gasteiger partial charge in [-0.25, -0.2) is 4.98 Å². The number of pyridine rings is 1. The molecule has 0 fully saturated rings. The van der Waals surface area contributed by atoms with Gasteiger partial charge < -0.3 is 5.32 Å². The van der Waals surface area contributed by atoms with Crippen LogP contribution in [0.25, 0.3) is 0 Å². The fourth-order valence-corrected chi connectivity index (χ4v) is 2.65. The summed E-state index contributed by atoms with van der Waals surface area (Å²) in [6.45, 7) is 4.08. The van der Waals surface area contributed by atoms with Crippen molar-refractivity contribution in [3.63, 3.8) is 0 Å². The number of rotatable bonds is 6. The Morgan fingerprint density at radius 1 is 1.41 bits per heavy atom. The molecule has 0 saturated carbocycles. The molecule has 0 aliphatic carbocycles. The van der Waals surface area contributed by atoms with Crippen molar-refractivity contribution in [1.29, 1.82) is 0 Å². The zero-order valence-electron chi connectivity index (χ0n) is 9.59. The van der Waals surface area contributed by atoms with E-state index in [1.165, 1.54) is 16.9 Å². The van der Waals surface area contributed by atoms with Crippen LogP contribution < -0.4 is 5.32 Å². The fraction of sp³-hybridized carbons (Fsp3) is 0.364. The first-order valence-electron chi connectivity index (χ1n) is 5.48. The van der Waals surface area contributed by atoms with Gasteiger partial charge in [-0.05, 0) is 36.4 Å². The highest BCUT2D eigenvalue weighted by atomic mass is 32.2. The van der Waals surface area contributed by atoms with Crippen molar-refractivity contribution in [2.24, 2.45) is 0 Å². The highest BCUT2D eigenvalue weighted by Crippen LogP contribution is 2.26. The van der Waals surface area contributed by atoms with Crippen LogP contribution in [-0.2, 0) is 6.54 Å². The maximum Gasteiger partial charge on any atom is 0.180 e. The number of hydrogen-bond donors (Lipinski definition) is 1. The van der Waals surface area contributed by atoms with E-state index >= 15 is 0 Å². The maximum absolute atomic E-state index is 4.39. The topological polar surface area (TPSA) is 50.7 Å². The second kappa shape index (κ2) is 6.68. The normalized spacial score (nSPS) is 10.6. The third-order valence-corrected chi connectivity index (χ3v) is 3.81. The SMILES string of the molecule is CCCNCc1ccc(Sc2nncs2)nc1. The summed E-state index contributed by atoms with van der Waals surface area (Å²) in [6.07, 6.45) is 3.06. The summed E-state index contributed by atoms with van der Waals surface area (Å²) in [4.78, 5) is 4.39. The second-order valence-electron chi connectivity index (χ2n) is 3.49. The van der Waals surface area contributed by atoms with Crippen molar-refractivity contribution in [2.75, 3.05) is 6.54 Å². The van der Waals surface area contributed by atoms with Gasteiger partial charge in [0.15, 0.2) is 4.34 Å². The van der Waals surface area contributed by atoms with Crippen LogP contribution in [0, 0.1) is 0 Å². The Morgan fingerprint density at radius 3 is 3.00 bits per heavy atom. The average Bonchev–Trinajstić information content (AvgIpc) is 2.85. The van der Waals surface area contributed by atoms with E-state index < -0.39 is 0 Å². The Labute approximate surface area is 109 Å². The first-order chi connectivity index (χ1) is 8.38. The molecule has 0 atom stereocenters. The van der Waals surface area contributed by atoms with Gasteiger partial charge in [0.05, 0.1) is 0 Å². The van der Waals surface area contributed by atoms with E-state index in [0.717, 1.165) is 28.9 Å². The lowest BCUT2D eigenvalue weighted by atomic mass is 10.3. The van der Waals surface area contributed by atoms with Gasteiger partial charge in [0.2, 0.25) is 0 Å². The summed E-state index contributed by atoms with van der Waals surface area (Å²) in [5.41, 5.74) is 2.94. The van der Waals surface area contributed by atoms with E-state index in [1.807, 2.05) is 12.3 Å². The second-order valence-corrected chi connectivity index (χ2v) is 5.59. The Hall–Kier alpha value is -0.980. The molecule has 0 aromatic carbocycles. The molecule has 90 valence electrons. The predicted molar refractivity (Wildman–Crippen MR) is 70.3 cm³/mol. The molecule has 0 aliphatic heterocycles. The van der Waals surface area contributed by atoms with Crippen molar-refractivity contribution in [2.45, 2.75) is 29.3 Å². The summed E-state index contributed by atoms with van der Waals surface area (Å²) >= 11 is 3.07. The summed E-state index contributed by atoms with van der Waals surface area (Å²) in [7, 11) is 0. The minimum Gasteiger partial charge on any atom is -0.313 e. The molecule has 2 aromatic heterocycles. The zero-order valence-corrected chi connectivity index (χ0v) is 11.2. The van der Waals surface area contributed by atoms with Crippen LogP contribution in [0.4, 0.5) is 0 Å². The highest BCUT2D eigenvalue weighted by molar-refractivity contribution is 8.00. The first kappa shape index (κ1) is 12.5. The molecule has 0 unspecified atom stereocenters. The van der Waals surface area contributed by atoms with E-state index in [9.17, 15) is 0 Å². The van der Waals surface area contributed by atoms with Gasteiger partial charge in [-0.3, -0.25) is 0 Å². The summed E-state index contributed by atoms with van der Waals surface area (Å²) < 4.78 is 0.925. The lowest BCUT2D eigenvalue weighted by molar-refractivity contribution is 0.673. The zero-order chi connectivity index (χ0) is 11.9. The molecular weight excluding hydrogens is 252 g/mol. The number of nitrogens with zero attached hydrogens (tertiary/aromatic N) is 3. The molecule has 4 nitrogen and oxygen atoms in total. The van der Waals surface area contributed by atoms with Crippen LogP contribution in [0.3, 0.4) is 0 Å². The lowest BCUT2D eigenvalue weighted by Crippen LogP contribution is -2.13. The van der Waals surface area contributed by atoms with Gasteiger partial charge in [-0.2, -0.15) is 0 Å². The van der Waals surface area contributed by atoms with E-state index in [-0.39, 0.29) is 0 Å². The maximum atomic E-state index is 4.39. The number of aromatic nitrogens is 3. The Kier molecular flexibility index (Phi) is 4.90. The Balaban J connectivity index is 1.89. The molecule has 0 radical (unpaired) electrons. The molecule has 17 heavy (non-hydrogen) atoms. The van der Waals surface area contributed by atoms with Crippen LogP contribution in [0.15, 0.2) is 33.2 Å². The largest absolute Gasteiger partial charge is 0.313 e. The van der Waals surface area contributed by atoms with Gasteiger partial charge in [-0.1, -0.05) is 24.3 Å². The molecule has 0 spiro atoms. The first-order valence-corrected chi connectivity index (χ1v) is 7.17. The summed E-state index contributed by atoms with van der Waals surface area (Å²) in [6, 6.07) is 4.12. The van der Waals surface area contributed by atoms with Crippen LogP contribution in [0.5, 0.6) is 0 Å². The van der Waals surface area contributed by atoms with Gasteiger partial charge >= 0.3 is 0 Å². The minimum atomic E-state index is 0.880. The van der Waals surface area contributed by atoms with Gasteiger partial charge in [0.1, 0.15) is 10.5 Å². The quantitative estimate of drug-likeness (QED) is 0.814. The van der Waals surface area contributed by atoms with E-state index in [2.05, 4.69) is 33.5 Å². The minimum absolute atomic E-state index is 0.880. The molecule has 2 rings (SSSR count). The smallest absolute Gasteiger partial charge is 0.180 e. The van der Waals surface area contributed by atoms with Gasteiger partial charge in [-0.15, -0.1) is 10.2 Å². The van der Waals surface area contributed by atoms with Gasteiger partial charge in [0.25, 0.3) is 0 Å². The van der Waals surface area contributed by atoms with Crippen LogP contribution in [0.2, 0.25) is 0 Å². The molecule has 6 heteroatoms. The number of hydrogen-bond acceptors (Lipinski definition) is 6. The van der Waals surface area contributed by atoms with Crippen LogP contribution in [0.1, 0.15) is 18.9 Å². The lowest BCUT2D eigenvalue weighted by Gasteiger charge is -2.03. The fourth-order valence-electron chi connectivity index (χ4n) is 1.28. The Bertz CT molecular complexity index is 427. The molecular formula is C11H14N4S2. The molecule has 0 bridgehead atoms. The average molecular weight is 266 g/mol. The predicted octanol–water partition coefficient (Wildman–Crippen LogP) is 2.58. The monoisotopic (exact) mass is 266 g/mol. The van der Waals surface area contributed by atoms with Crippen molar-refractivity contribution in [3.8, 4) is 0 Å². The van der Waals surface area contributed by atoms with Crippen molar-refractivity contribution in [3.05, 3.63) is 29.4 Å². The molecule has 0 saturated heterocycles. The molecule has 2 aromatic rings. The van der Waals surface area contributed by atoms with Crippen molar-refractivity contribution < 1.29 is 0 Å². The van der Waals surface area contributed by atoms with E-state index in [0.29, 0.717) is 0 Å². The van der Waals surface area contributed by atoms with Crippen molar-refractivity contribution in [1.82, 2.24) is 20.5 Å². The van der Waals surface area contributed by atoms with Gasteiger partial charge in [0, 0.05) is 12.7 Å². The molecule has 1 N–H and O–H groups in total. The Morgan fingerprint density at radius 2 is 2.35 bits per heavy atom. The summed E-state index contributed by atoms with van der Waals surface area (Å²) in [5, 5.41) is 12.1. The van der Waals surface area contributed by atoms with Crippen molar-refractivity contribution >= 4 is 23.1 Å². The molecule has 2 heterocycles. The number of nitrogens with one attached hydrogen (secondary N) is 1. The third-order valence-electron chi connectivity index (χ3n) is 2.09. The van der Waals surface area contributed by atoms with Crippen LogP contribution >= 0.6 is 23.1 Å². The molecule has 0 aliphatic rings. The van der Waals surface area contributed by atoms with E-state index in [4.69, 9.17) is 0 Å². The van der Waals surface area contributed by atoms with Crippen LogP contribution in [-0.4, -0.2) is 21.7 Å². The third kappa shape index (κ3) is 4.07. The summed E-state index contributed by atoms with van der Waals surface area (Å²) in [5.74, 6) is 0.